The monoisotopic (exact) mass is 409 g/mol. The molecule has 2 aromatic carbocycles. The van der Waals surface area contributed by atoms with Crippen molar-refractivity contribution in [2.45, 2.75) is 11.7 Å². The zero-order chi connectivity index (χ0) is 19.4. The number of carbonyl (C=O) groups is 1. The van der Waals surface area contributed by atoms with Gasteiger partial charge in [0, 0.05) is 24.2 Å². The van der Waals surface area contributed by atoms with Crippen LogP contribution in [0.4, 0.5) is 8.78 Å². The van der Waals surface area contributed by atoms with E-state index in [1.54, 1.807) is 19.2 Å². The second-order valence-corrected chi connectivity index (χ2v) is 6.94. The molecule has 0 aliphatic carbocycles. The number of hydrogen-bond acceptors (Lipinski definition) is 5. The molecular formula is C17H14ClF2N5OS. The van der Waals surface area contributed by atoms with Crippen molar-refractivity contribution in [2.24, 2.45) is 0 Å². The summed E-state index contributed by atoms with van der Waals surface area (Å²) in [4.78, 5) is 13.7. The predicted octanol–water partition coefficient (Wildman–Crippen LogP) is 3.34. The van der Waals surface area contributed by atoms with Crippen LogP contribution in [0.3, 0.4) is 0 Å². The maximum Gasteiger partial charge on any atom is 0.233 e. The second kappa shape index (κ2) is 8.45. The third-order valence-corrected chi connectivity index (χ3v) is 4.96. The van der Waals surface area contributed by atoms with Crippen LogP contribution in [0.2, 0.25) is 5.02 Å². The Morgan fingerprint density at radius 2 is 2.04 bits per heavy atom. The van der Waals surface area contributed by atoms with Crippen molar-refractivity contribution in [1.82, 2.24) is 25.1 Å². The third-order valence-electron chi connectivity index (χ3n) is 3.70. The van der Waals surface area contributed by atoms with Crippen LogP contribution in [-0.4, -0.2) is 43.8 Å². The molecule has 0 fully saturated rings. The molecule has 140 valence electrons. The van der Waals surface area contributed by atoms with Crippen molar-refractivity contribution in [3.8, 4) is 5.69 Å². The molecule has 27 heavy (non-hydrogen) atoms. The smallest absolute Gasteiger partial charge is 0.233 e. The van der Waals surface area contributed by atoms with Crippen LogP contribution in [0.1, 0.15) is 5.56 Å². The van der Waals surface area contributed by atoms with Crippen molar-refractivity contribution in [2.75, 3.05) is 12.8 Å². The molecule has 0 aliphatic rings. The minimum atomic E-state index is -0.468. The average Bonchev–Trinajstić information content (AvgIpc) is 3.11. The van der Waals surface area contributed by atoms with Crippen molar-refractivity contribution in [1.29, 1.82) is 0 Å². The fraction of sp³-hybridized carbons (Fsp3) is 0.176. The molecule has 0 atom stereocenters. The van der Waals surface area contributed by atoms with E-state index in [9.17, 15) is 13.6 Å². The van der Waals surface area contributed by atoms with Gasteiger partial charge in [0.15, 0.2) is 0 Å². The predicted molar refractivity (Wildman–Crippen MR) is 97.7 cm³/mol. The van der Waals surface area contributed by atoms with Gasteiger partial charge in [-0.2, -0.15) is 4.68 Å². The number of aromatic nitrogens is 4. The van der Waals surface area contributed by atoms with Gasteiger partial charge >= 0.3 is 0 Å². The van der Waals surface area contributed by atoms with Gasteiger partial charge in [-0.15, -0.1) is 5.10 Å². The lowest BCUT2D eigenvalue weighted by Gasteiger charge is -2.18. The first-order valence-corrected chi connectivity index (χ1v) is 9.16. The highest BCUT2D eigenvalue weighted by Gasteiger charge is 2.17. The third kappa shape index (κ3) is 4.61. The molecule has 0 spiro atoms. The van der Waals surface area contributed by atoms with Gasteiger partial charge in [-0.1, -0.05) is 35.5 Å². The lowest BCUT2D eigenvalue weighted by molar-refractivity contribution is -0.127. The number of tetrazole rings is 1. The fourth-order valence-corrected chi connectivity index (χ4v) is 3.34. The Labute approximate surface area is 163 Å². The lowest BCUT2D eigenvalue weighted by Crippen LogP contribution is -2.28. The van der Waals surface area contributed by atoms with Crippen molar-refractivity contribution in [3.63, 3.8) is 0 Å². The number of nitrogens with zero attached hydrogens (tertiary/aromatic N) is 5. The molecule has 0 saturated heterocycles. The van der Waals surface area contributed by atoms with Crippen LogP contribution in [0.15, 0.2) is 47.6 Å². The summed E-state index contributed by atoms with van der Waals surface area (Å²) in [6.45, 7) is 0.0414. The number of amides is 1. The molecule has 0 bridgehead atoms. The van der Waals surface area contributed by atoms with Crippen LogP contribution in [0, 0.1) is 11.6 Å². The molecular weight excluding hydrogens is 396 g/mol. The summed E-state index contributed by atoms with van der Waals surface area (Å²) in [6, 6.07) is 10.2. The molecule has 0 radical (unpaired) electrons. The van der Waals surface area contributed by atoms with Gasteiger partial charge in [0.25, 0.3) is 0 Å². The normalized spacial score (nSPS) is 10.8. The minimum Gasteiger partial charge on any atom is -0.341 e. The number of hydrogen-bond donors (Lipinski definition) is 0. The summed E-state index contributed by atoms with van der Waals surface area (Å²) in [5, 5.41) is 11.8. The molecule has 6 nitrogen and oxygen atoms in total. The van der Waals surface area contributed by atoms with Gasteiger partial charge in [0.1, 0.15) is 11.6 Å². The molecule has 0 aliphatic heterocycles. The zero-order valence-corrected chi connectivity index (χ0v) is 15.7. The van der Waals surface area contributed by atoms with Crippen molar-refractivity contribution in [3.05, 3.63) is 64.7 Å². The van der Waals surface area contributed by atoms with Gasteiger partial charge in [-0.05, 0) is 40.8 Å². The largest absolute Gasteiger partial charge is 0.341 e. The van der Waals surface area contributed by atoms with Crippen LogP contribution >= 0.6 is 23.4 Å². The van der Waals surface area contributed by atoms with Gasteiger partial charge < -0.3 is 4.90 Å². The lowest BCUT2D eigenvalue weighted by atomic mass is 10.2. The van der Waals surface area contributed by atoms with Crippen molar-refractivity contribution < 1.29 is 13.6 Å². The van der Waals surface area contributed by atoms with E-state index in [1.165, 1.54) is 39.9 Å². The second-order valence-electron chi connectivity index (χ2n) is 5.59. The number of rotatable bonds is 6. The summed E-state index contributed by atoms with van der Waals surface area (Å²) in [5.74, 6) is -1.12. The summed E-state index contributed by atoms with van der Waals surface area (Å²) in [7, 11) is 1.56. The number of carbonyl (C=O) groups excluding carboxylic acids is 1. The average molecular weight is 410 g/mol. The first kappa shape index (κ1) is 19.2. The van der Waals surface area contributed by atoms with Gasteiger partial charge in [0.05, 0.1) is 11.4 Å². The highest BCUT2D eigenvalue weighted by atomic mass is 35.5. The molecule has 3 rings (SSSR count). The minimum absolute atomic E-state index is 0.0261. The SMILES string of the molecule is CN(Cc1c(F)cccc1Cl)C(=O)CSc1nnnn1-c1cccc(F)c1. The van der Waals surface area contributed by atoms with E-state index in [4.69, 9.17) is 11.6 Å². The first-order valence-electron chi connectivity index (χ1n) is 7.79. The Kier molecular flexibility index (Phi) is 6.02. The number of halogens is 3. The molecule has 3 aromatic rings. The highest BCUT2D eigenvalue weighted by Crippen LogP contribution is 2.22. The first-order chi connectivity index (χ1) is 13.0. The van der Waals surface area contributed by atoms with E-state index in [0.717, 1.165) is 11.8 Å². The zero-order valence-electron chi connectivity index (χ0n) is 14.1. The van der Waals surface area contributed by atoms with Gasteiger partial charge in [0.2, 0.25) is 11.1 Å². The number of thioether (sulfide) groups is 1. The number of benzene rings is 2. The molecule has 1 heterocycles. The van der Waals surface area contributed by atoms with E-state index >= 15 is 0 Å². The Balaban J connectivity index is 1.65. The summed E-state index contributed by atoms with van der Waals surface area (Å²) < 4.78 is 28.6. The van der Waals surface area contributed by atoms with Gasteiger partial charge in [-0.25, -0.2) is 8.78 Å². The van der Waals surface area contributed by atoms with E-state index in [1.807, 2.05) is 0 Å². The van der Waals surface area contributed by atoms with E-state index in [0.29, 0.717) is 10.8 Å². The quantitative estimate of drug-likeness (QED) is 0.584. The van der Waals surface area contributed by atoms with Crippen LogP contribution in [0.5, 0.6) is 0 Å². The molecule has 10 heteroatoms. The maximum atomic E-state index is 13.9. The van der Waals surface area contributed by atoms with E-state index in [2.05, 4.69) is 15.5 Å². The summed E-state index contributed by atoms with van der Waals surface area (Å²) in [5.41, 5.74) is 0.700. The van der Waals surface area contributed by atoms with E-state index < -0.39 is 11.6 Å². The van der Waals surface area contributed by atoms with Crippen LogP contribution < -0.4 is 0 Å². The molecule has 0 N–H and O–H groups in total. The molecule has 0 saturated carbocycles. The van der Waals surface area contributed by atoms with E-state index in [-0.39, 0.29) is 28.8 Å². The molecule has 1 aromatic heterocycles. The standard InChI is InChI=1S/C17H14ClF2N5OS/c1-24(9-13-14(18)6-3-7-15(13)20)16(26)10-27-17-21-22-23-25(17)12-5-2-4-11(19)8-12/h2-8H,9-10H2,1H3. The Morgan fingerprint density at radius 3 is 2.78 bits per heavy atom. The van der Waals surface area contributed by atoms with Gasteiger partial charge in [-0.3, -0.25) is 4.79 Å². The molecule has 0 unspecified atom stereocenters. The Hall–Kier alpha value is -2.52. The van der Waals surface area contributed by atoms with Crippen molar-refractivity contribution >= 4 is 29.3 Å². The van der Waals surface area contributed by atoms with Crippen LogP contribution in [-0.2, 0) is 11.3 Å². The topological polar surface area (TPSA) is 63.9 Å². The Bertz CT molecular complexity index is 948. The fourth-order valence-electron chi connectivity index (χ4n) is 2.28. The summed E-state index contributed by atoms with van der Waals surface area (Å²) >= 11 is 7.09. The van der Waals surface area contributed by atoms with Crippen LogP contribution in [0.25, 0.3) is 5.69 Å². The summed E-state index contributed by atoms with van der Waals surface area (Å²) in [6.07, 6.45) is 0. The molecule has 1 amide bonds. The maximum absolute atomic E-state index is 13.9. The Morgan fingerprint density at radius 1 is 1.26 bits per heavy atom. The highest BCUT2D eigenvalue weighted by molar-refractivity contribution is 7.99.